The van der Waals surface area contributed by atoms with E-state index in [0.717, 1.165) is 0 Å². The van der Waals surface area contributed by atoms with Gasteiger partial charge in [-0.25, -0.2) is 0 Å². The van der Waals surface area contributed by atoms with Crippen molar-refractivity contribution in [1.29, 1.82) is 0 Å². The van der Waals surface area contributed by atoms with E-state index in [0.29, 0.717) is 51.5 Å². The lowest BCUT2D eigenvalue weighted by Gasteiger charge is -2.29. The molecule has 0 saturated heterocycles. The van der Waals surface area contributed by atoms with Crippen molar-refractivity contribution in [3.8, 4) is 23.0 Å². The SMILES string of the molecule is O=C(Nc1ccc2c(c1)N(CCOc1ccc(Cl)cc1)C(=O)CO2)c1ccc2c(c1)OCO2. The third-order valence-electron chi connectivity index (χ3n) is 5.19. The third-order valence-corrected chi connectivity index (χ3v) is 5.44. The zero-order chi connectivity index (χ0) is 22.8. The van der Waals surface area contributed by atoms with Gasteiger partial charge in [-0.1, -0.05) is 11.6 Å². The van der Waals surface area contributed by atoms with Gasteiger partial charge in [-0.05, 0) is 60.7 Å². The number of ether oxygens (including phenoxy) is 4. The second-order valence-corrected chi connectivity index (χ2v) is 7.78. The number of rotatable bonds is 6. The predicted molar refractivity (Wildman–Crippen MR) is 122 cm³/mol. The Morgan fingerprint density at radius 1 is 0.970 bits per heavy atom. The Labute approximate surface area is 194 Å². The molecule has 2 aliphatic heterocycles. The van der Waals surface area contributed by atoms with Gasteiger partial charge in [0, 0.05) is 16.3 Å². The van der Waals surface area contributed by atoms with E-state index in [1.165, 1.54) is 0 Å². The van der Waals surface area contributed by atoms with Crippen molar-refractivity contribution in [3.63, 3.8) is 0 Å². The van der Waals surface area contributed by atoms with Gasteiger partial charge >= 0.3 is 0 Å². The number of nitrogens with zero attached hydrogens (tertiary/aromatic N) is 1. The second-order valence-electron chi connectivity index (χ2n) is 7.34. The van der Waals surface area contributed by atoms with E-state index in [4.69, 9.17) is 30.5 Å². The number of halogens is 1. The van der Waals surface area contributed by atoms with Crippen LogP contribution in [0, 0.1) is 0 Å². The van der Waals surface area contributed by atoms with Crippen molar-refractivity contribution in [2.45, 2.75) is 0 Å². The normalized spacial score (nSPS) is 13.8. The van der Waals surface area contributed by atoms with Gasteiger partial charge in [0.05, 0.1) is 12.2 Å². The minimum atomic E-state index is -0.311. The van der Waals surface area contributed by atoms with Gasteiger partial charge in [0.25, 0.3) is 11.8 Å². The van der Waals surface area contributed by atoms with E-state index >= 15 is 0 Å². The molecule has 2 amide bonds. The van der Waals surface area contributed by atoms with Gasteiger partial charge in [-0.3, -0.25) is 9.59 Å². The molecule has 5 rings (SSSR count). The summed E-state index contributed by atoms with van der Waals surface area (Å²) in [5.74, 6) is 1.84. The first kappa shape index (κ1) is 21.0. The van der Waals surface area contributed by atoms with Crippen LogP contribution >= 0.6 is 11.6 Å². The summed E-state index contributed by atoms with van der Waals surface area (Å²) in [7, 11) is 0. The molecule has 0 radical (unpaired) electrons. The van der Waals surface area contributed by atoms with E-state index in [2.05, 4.69) is 5.32 Å². The Hall–Kier alpha value is -3.91. The number of amides is 2. The van der Waals surface area contributed by atoms with Crippen LogP contribution in [0.25, 0.3) is 0 Å². The lowest BCUT2D eigenvalue weighted by molar-refractivity contribution is -0.121. The fraction of sp³-hybridized carbons (Fsp3) is 0.167. The molecule has 2 heterocycles. The summed E-state index contributed by atoms with van der Waals surface area (Å²) in [5.41, 5.74) is 1.52. The first-order chi connectivity index (χ1) is 16.1. The number of nitrogens with one attached hydrogen (secondary N) is 1. The highest BCUT2D eigenvalue weighted by Crippen LogP contribution is 2.35. The van der Waals surface area contributed by atoms with Crippen LogP contribution in [0.4, 0.5) is 11.4 Å². The first-order valence-corrected chi connectivity index (χ1v) is 10.6. The number of carbonyl (C=O) groups excluding carboxylic acids is 2. The molecule has 3 aromatic carbocycles. The number of hydrogen-bond acceptors (Lipinski definition) is 6. The van der Waals surface area contributed by atoms with E-state index in [1.807, 2.05) is 0 Å². The number of carbonyl (C=O) groups is 2. The molecule has 0 unspecified atom stereocenters. The van der Waals surface area contributed by atoms with Crippen LogP contribution in [0.2, 0.25) is 5.02 Å². The van der Waals surface area contributed by atoms with E-state index in [-0.39, 0.29) is 31.8 Å². The van der Waals surface area contributed by atoms with Crippen LogP contribution in [0.15, 0.2) is 60.7 Å². The molecule has 0 atom stereocenters. The molecular weight excluding hydrogens is 448 g/mol. The Balaban J connectivity index is 1.29. The number of fused-ring (bicyclic) bond motifs is 2. The smallest absolute Gasteiger partial charge is 0.265 e. The van der Waals surface area contributed by atoms with E-state index < -0.39 is 0 Å². The van der Waals surface area contributed by atoms with E-state index in [9.17, 15) is 9.59 Å². The zero-order valence-corrected chi connectivity index (χ0v) is 18.1. The predicted octanol–water partition coefficient (Wildman–Crippen LogP) is 4.13. The summed E-state index contributed by atoms with van der Waals surface area (Å²) < 4.78 is 21.9. The molecule has 0 bridgehead atoms. The van der Waals surface area contributed by atoms with Crippen LogP contribution in [0.3, 0.4) is 0 Å². The molecule has 0 saturated carbocycles. The summed E-state index contributed by atoms with van der Waals surface area (Å²) in [5, 5.41) is 3.47. The van der Waals surface area contributed by atoms with Crippen LogP contribution in [-0.2, 0) is 4.79 Å². The number of benzene rings is 3. The van der Waals surface area contributed by atoms with Crippen LogP contribution in [0.1, 0.15) is 10.4 Å². The van der Waals surface area contributed by atoms with Crippen LogP contribution in [0.5, 0.6) is 23.0 Å². The highest BCUT2D eigenvalue weighted by Gasteiger charge is 2.26. The molecule has 0 spiro atoms. The Morgan fingerprint density at radius 2 is 1.76 bits per heavy atom. The van der Waals surface area contributed by atoms with E-state index in [1.54, 1.807) is 65.6 Å². The first-order valence-electron chi connectivity index (χ1n) is 10.2. The maximum absolute atomic E-state index is 12.7. The Morgan fingerprint density at radius 3 is 2.61 bits per heavy atom. The maximum atomic E-state index is 12.7. The number of hydrogen-bond donors (Lipinski definition) is 1. The second kappa shape index (κ2) is 8.91. The zero-order valence-electron chi connectivity index (χ0n) is 17.4. The fourth-order valence-corrected chi connectivity index (χ4v) is 3.68. The molecule has 8 nitrogen and oxygen atoms in total. The highest BCUT2D eigenvalue weighted by molar-refractivity contribution is 6.30. The maximum Gasteiger partial charge on any atom is 0.265 e. The highest BCUT2D eigenvalue weighted by atomic mass is 35.5. The van der Waals surface area contributed by atoms with Crippen molar-refractivity contribution < 1.29 is 28.5 Å². The minimum absolute atomic E-state index is 0.0587. The topological polar surface area (TPSA) is 86.3 Å². The van der Waals surface area contributed by atoms with Crippen molar-refractivity contribution in [2.24, 2.45) is 0 Å². The summed E-state index contributed by atoms with van der Waals surface area (Å²) in [6.45, 7) is 0.672. The van der Waals surface area contributed by atoms with Crippen molar-refractivity contribution in [1.82, 2.24) is 0 Å². The summed E-state index contributed by atoms with van der Waals surface area (Å²) in [6.07, 6.45) is 0. The summed E-state index contributed by atoms with van der Waals surface area (Å²) >= 11 is 5.89. The third kappa shape index (κ3) is 4.51. The summed E-state index contributed by atoms with van der Waals surface area (Å²) in [6, 6.07) is 17.1. The van der Waals surface area contributed by atoms with Crippen molar-refractivity contribution >= 4 is 34.8 Å². The lowest BCUT2D eigenvalue weighted by Crippen LogP contribution is -2.41. The summed E-state index contributed by atoms with van der Waals surface area (Å²) in [4.78, 5) is 26.8. The molecule has 9 heteroatoms. The van der Waals surface area contributed by atoms with Gasteiger partial charge in [0.2, 0.25) is 6.79 Å². The number of anilines is 2. The monoisotopic (exact) mass is 466 g/mol. The van der Waals surface area contributed by atoms with Crippen LogP contribution < -0.4 is 29.2 Å². The minimum Gasteiger partial charge on any atom is -0.492 e. The largest absolute Gasteiger partial charge is 0.492 e. The average molecular weight is 467 g/mol. The Bertz CT molecular complexity index is 1210. The molecule has 0 fully saturated rings. The molecule has 33 heavy (non-hydrogen) atoms. The molecule has 0 aliphatic carbocycles. The van der Waals surface area contributed by atoms with Gasteiger partial charge in [0.15, 0.2) is 18.1 Å². The molecular formula is C24H19ClN2O6. The average Bonchev–Trinajstić information content (AvgIpc) is 3.30. The molecule has 3 aromatic rings. The Kier molecular flexibility index (Phi) is 5.66. The molecule has 168 valence electrons. The van der Waals surface area contributed by atoms with Crippen LogP contribution in [-0.4, -0.2) is 38.4 Å². The standard InChI is InChI=1S/C24H19ClN2O6/c25-16-2-5-18(6-3-16)30-10-9-27-19-12-17(4-8-20(19)31-13-23(27)28)26-24(29)15-1-7-21-22(11-15)33-14-32-21/h1-8,11-12H,9-10,13-14H2,(H,26,29). The molecule has 0 aromatic heterocycles. The lowest BCUT2D eigenvalue weighted by atomic mass is 10.1. The molecule has 1 N–H and O–H groups in total. The quantitative estimate of drug-likeness (QED) is 0.588. The van der Waals surface area contributed by atoms with Gasteiger partial charge in [0.1, 0.15) is 18.1 Å². The fourth-order valence-electron chi connectivity index (χ4n) is 3.55. The van der Waals surface area contributed by atoms with Crippen molar-refractivity contribution in [3.05, 3.63) is 71.2 Å². The van der Waals surface area contributed by atoms with Gasteiger partial charge < -0.3 is 29.2 Å². The van der Waals surface area contributed by atoms with Crippen molar-refractivity contribution in [2.75, 3.05) is 36.8 Å². The molecule has 2 aliphatic rings. The van der Waals surface area contributed by atoms with Gasteiger partial charge in [-0.15, -0.1) is 0 Å². The van der Waals surface area contributed by atoms with Gasteiger partial charge in [-0.2, -0.15) is 0 Å².